The van der Waals surface area contributed by atoms with Crippen LogP contribution < -0.4 is 5.32 Å². The number of rotatable bonds is 8. The van der Waals surface area contributed by atoms with Crippen LogP contribution in [0.3, 0.4) is 0 Å². The van der Waals surface area contributed by atoms with Gasteiger partial charge in [-0.25, -0.2) is 4.39 Å². The number of thioether (sulfide) groups is 2. The van der Waals surface area contributed by atoms with Gasteiger partial charge in [-0.05, 0) is 35.9 Å². The second kappa shape index (κ2) is 9.95. The average molecular weight is 437 g/mol. The summed E-state index contributed by atoms with van der Waals surface area (Å²) in [5, 5.41) is 12.4. The molecule has 3 rings (SSSR count). The van der Waals surface area contributed by atoms with Crippen LogP contribution in [-0.2, 0) is 23.3 Å². The van der Waals surface area contributed by atoms with E-state index in [0.29, 0.717) is 21.6 Å². The molecule has 0 aliphatic heterocycles. The van der Waals surface area contributed by atoms with Crippen LogP contribution in [0.1, 0.15) is 11.4 Å². The highest BCUT2D eigenvalue weighted by Crippen LogP contribution is 2.21. The number of carbonyl (C=O) groups excluding carboxylic acids is 1. The van der Waals surface area contributed by atoms with E-state index in [1.54, 1.807) is 48.2 Å². The number of amides is 1. The van der Waals surface area contributed by atoms with E-state index in [-0.39, 0.29) is 17.5 Å². The van der Waals surface area contributed by atoms with E-state index in [4.69, 9.17) is 11.6 Å². The van der Waals surface area contributed by atoms with Crippen molar-refractivity contribution in [1.29, 1.82) is 0 Å². The minimum atomic E-state index is -0.233. The van der Waals surface area contributed by atoms with Crippen molar-refractivity contribution in [3.05, 3.63) is 70.8 Å². The summed E-state index contributed by atoms with van der Waals surface area (Å²) in [6.45, 7) is 0. The van der Waals surface area contributed by atoms with Gasteiger partial charge in [-0.1, -0.05) is 41.6 Å². The van der Waals surface area contributed by atoms with E-state index >= 15 is 0 Å². The molecule has 3 aromatic rings. The van der Waals surface area contributed by atoms with Gasteiger partial charge < -0.3 is 9.88 Å². The Bertz CT molecular complexity index is 949. The van der Waals surface area contributed by atoms with Crippen LogP contribution in [0.4, 0.5) is 10.1 Å². The first-order valence-corrected chi connectivity index (χ1v) is 10.9. The van der Waals surface area contributed by atoms with E-state index in [1.165, 1.54) is 23.9 Å². The fraction of sp³-hybridized carbons (Fsp3) is 0.211. The molecule has 0 radical (unpaired) electrons. The predicted octanol–water partition coefficient (Wildman–Crippen LogP) is 4.77. The first-order valence-electron chi connectivity index (χ1n) is 8.40. The highest BCUT2D eigenvalue weighted by molar-refractivity contribution is 7.99. The van der Waals surface area contributed by atoms with E-state index in [1.807, 2.05) is 11.6 Å². The van der Waals surface area contributed by atoms with Gasteiger partial charge in [0, 0.05) is 23.5 Å². The highest BCUT2D eigenvalue weighted by atomic mass is 35.5. The summed E-state index contributed by atoms with van der Waals surface area (Å²) >= 11 is 8.91. The van der Waals surface area contributed by atoms with Crippen molar-refractivity contribution >= 4 is 46.7 Å². The van der Waals surface area contributed by atoms with Gasteiger partial charge >= 0.3 is 0 Å². The number of nitrogens with one attached hydrogen (secondary N) is 1. The lowest BCUT2D eigenvalue weighted by Gasteiger charge is -2.06. The van der Waals surface area contributed by atoms with Crippen LogP contribution >= 0.6 is 35.1 Å². The Morgan fingerprint density at radius 3 is 2.71 bits per heavy atom. The molecule has 1 aromatic heterocycles. The van der Waals surface area contributed by atoms with E-state index in [9.17, 15) is 9.18 Å². The van der Waals surface area contributed by atoms with Crippen LogP contribution in [0.15, 0.2) is 53.7 Å². The second-order valence-corrected chi connectivity index (χ2v) is 8.29. The molecule has 28 heavy (non-hydrogen) atoms. The number of hydrogen-bond acceptors (Lipinski definition) is 5. The summed E-state index contributed by atoms with van der Waals surface area (Å²) in [6, 6.07) is 13.5. The van der Waals surface area contributed by atoms with Crippen molar-refractivity contribution in [3.63, 3.8) is 0 Å². The Morgan fingerprint density at radius 2 is 1.96 bits per heavy atom. The Morgan fingerprint density at radius 1 is 1.18 bits per heavy atom. The number of aromatic nitrogens is 3. The van der Waals surface area contributed by atoms with Gasteiger partial charge in [-0.2, -0.15) is 0 Å². The fourth-order valence-electron chi connectivity index (χ4n) is 2.33. The largest absolute Gasteiger partial charge is 0.325 e. The van der Waals surface area contributed by atoms with Crippen LogP contribution in [0, 0.1) is 5.82 Å². The minimum Gasteiger partial charge on any atom is -0.325 e. The van der Waals surface area contributed by atoms with Crippen molar-refractivity contribution in [2.45, 2.75) is 16.7 Å². The summed E-state index contributed by atoms with van der Waals surface area (Å²) in [4.78, 5) is 12.1. The van der Waals surface area contributed by atoms with Crippen LogP contribution in [-0.4, -0.2) is 26.4 Å². The van der Waals surface area contributed by atoms with Crippen molar-refractivity contribution in [2.24, 2.45) is 7.05 Å². The lowest BCUT2D eigenvalue weighted by Crippen LogP contribution is -2.14. The number of hydrogen-bond donors (Lipinski definition) is 1. The molecule has 0 unspecified atom stereocenters. The number of benzene rings is 2. The topological polar surface area (TPSA) is 59.8 Å². The van der Waals surface area contributed by atoms with E-state index < -0.39 is 0 Å². The summed E-state index contributed by atoms with van der Waals surface area (Å²) in [5.74, 6) is 2.12. The molecule has 2 aromatic carbocycles. The Labute approximate surface area is 176 Å². The molecule has 0 fully saturated rings. The maximum Gasteiger partial charge on any atom is 0.234 e. The van der Waals surface area contributed by atoms with Crippen LogP contribution in [0.25, 0.3) is 0 Å². The molecular weight excluding hydrogens is 419 g/mol. The van der Waals surface area contributed by atoms with E-state index in [2.05, 4.69) is 15.5 Å². The third kappa shape index (κ3) is 5.98. The molecule has 9 heteroatoms. The molecule has 1 heterocycles. The van der Waals surface area contributed by atoms with E-state index in [0.717, 1.165) is 17.1 Å². The normalized spacial score (nSPS) is 10.8. The third-order valence-electron chi connectivity index (χ3n) is 3.78. The number of halogens is 2. The monoisotopic (exact) mass is 436 g/mol. The average Bonchev–Trinajstić information content (AvgIpc) is 3.02. The summed E-state index contributed by atoms with van der Waals surface area (Å²) in [5.41, 5.74) is 1.72. The zero-order chi connectivity index (χ0) is 19.9. The summed E-state index contributed by atoms with van der Waals surface area (Å²) < 4.78 is 14.8. The van der Waals surface area contributed by atoms with Crippen LogP contribution in [0.2, 0.25) is 5.02 Å². The maximum absolute atomic E-state index is 12.9. The zero-order valence-electron chi connectivity index (χ0n) is 15.1. The van der Waals surface area contributed by atoms with Gasteiger partial charge in [0.15, 0.2) is 5.16 Å². The fourth-order valence-corrected chi connectivity index (χ4v) is 4.22. The SMILES string of the molecule is Cn1c(CSCc2ccc(F)cc2)nnc1SCC(=O)Nc1cccc(Cl)c1. The predicted molar refractivity (Wildman–Crippen MR) is 113 cm³/mol. The van der Waals surface area contributed by atoms with Crippen molar-refractivity contribution in [1.82, 2.24) is 14.8 Å². The molecule has 5 nitrogen and oxygen atoms in total. The summed E-state index contributed by atoms with van der Waals surface area (Å²) in [7, 11) is 1.88. The lowest BCUT2D eigenvalue weighted by atomic mass is 10.2. The molecule has 0 saturated heterocycles. The molecular formula is C19H18ClFN4OS2. The first kappa shape index (κ1) is 20.7. The molecule has 0 aliphatic rings. The van der Waals surface area contributed by atoms with Crippen molar-refractivity contribution < 1.29 is 9.18 Å². The summed E-state index contributed by atoms with van der Waals surface area (Å²) in [6.07, 6.45) is 0. The molecule has 0 saturated carbocycles. The van der Waals surface area contributed by atoms with Gasteiger partial charge in [0.2, 0.25) is 5.91 Å². The quantitative estimate of drug-likeness (QED) is 0.515. The molecule has 1 amide bonds. The van der Waals surface area contributed by atoms with Crippen LogP contribution in [0.5, 0.6) is 0 Å². The van der Waals surface area contributed by atoms with Gasteiger partial charge in [-0.15, -0.1) is 22.0 Å². The Hall–Kier alpha value is -2.03. The zero-order valence-corrected chi connectivity index (χ0v) is 17.5. The molecule has 0 spiro atoms. The minimum absolute atomic E-state index is 0.137. The highest BCUT2D eigenvalue weighted by Gasteiger charge is 2.12. The maximum atomic E-state index is 12.9. The molecule has 146 valence electrons. The van der Waals surface area contributed by atoms with Crippen molar-refractivity contribution in [3.8, 4) is 0 Å². The van der Waals surface area contributed by atoms with Gasteiger partial charge in [0.25, 0.3) is 0 Å². The lowest BCUT2D eigenvalue weighted by molar-refractivity contribution is -0.113. The van der Waals surface area contributed by atoms with Gasteiger partial charge in [0.05, 0.1) is 11.5 Å². The molecule has 0 atom stereocenters. The molecule has 0 bridgehead atoms. The van der Waals surface area contributed by atoms with Gasteiger partial charge in [-0.3, -0.25) is 4.79 Å². The Kier molecular flexibility index (Phi) is 7.36. The standard InChI is InChI=1S/C19H18ClFN4OS2/c1-25-17(11-27-10-13-5-7-15(21)8-6-13)23-24-19(25)28-12-18(26)22-16-4-2-3-14(20)9-16/h2-9H,10-12H2,1H3,(H,22,26). The van der Waals surface area contributed by atoms with Crippen molar-refractivity contribution in [2.75, 3.05) is 11.1 Å². The second-order valence-electron chi connectivity index (χ2n) is 5.92. The Balaban J connectivity index is 1.47. The third-order valence-corrected chi connectivity index (χ3v) is 6.03. The molecule has 0 aliphatic carbocycles. The molecule has 1 N–H and O–H groups in total. The van der Waals surface area contributed by atoms with Gasteiger partial charge in [0.1, 0.15) is 11.6 Å². The number of carbonyl (C=O) groups is 1. The number of anilines is 1. The smallest absolute Gasteiger partial charge is 0.234 e. The number of nitrogens with zero attached hydrogens (tertiary/aromatic N) is 3. The first-order chi connectivity index (χ1) is 13.5.